The number of ether oxygens (including phenoxy) is 1. The minimum atomic E-state index is -0.484. The van der Waals surface area contributed by atoms with Crippen molar-refractivity contribution in [2.75, 3.05) is 65.6 Å². The number of benzene rings is 1. The molecule has 1 aromatic carbocycles. The third kappa shape index (κ3) is 5.33. The van der Waals surface area contributed by atoms with Gasteiger partial charge in [-0.15, -0.1) is 0 Å². The summed E-state index contributed by atoms with van der Waals surface area (Å²) in [7, 11) is 0. The molecular formula is C22H31F2N5O2. The number of hydrogen-bond donors (Lipinski definition) is 1. The zero-order valence-corrected chi connectivity index (χ0v) is 18.0. The number of amides is 1. The summed E-state index contributed by atoms with van der Waals surface area (Å²) in [5.41, 5.74) is 0.169. The first-order valence-electron chi connectivity index (χ1n) is 11.1. The van der Waals surface area contributed by atoms with Crippen molar-refractivity contribution in [3.8, 4) is 0 Å². The highest BCUT2D eigenvalue weighted by atomic mass is 19.1. The molecule has 3 aliphatic rings. The largest absolute Gasteiger partial charge is 0.378 e. The molecular weight excluding hydrogens is 404 g/mol. The Morgan fingerprint density at radius 3 is 2.42 bits per heavy atom. The van der Waals surface area contributed by atoms with Crippen LogP contribution in [0.25, 0.3) is 0 Å². The average Bonchev–Trinajstić information content (AvgIpc) is 3.53. The first kappa shape index (κ1) is 22.0. The molecule has 0 aromatic heterocycles. The van der Waals surface area contributed by atoms with Crippen LogP contribution in [-0.4, -0.2) is 98.2 Å². The first-order chi connectivity index (χ1) is 15.1. The molecule has 1 saturated carbocycles. The van der Waals surface area contributed by atoms with Gasteiger partial charge in [-0.3, -0.25) is 14.7 Å². The maximum absolute atomic E-state index is 14.1. The predicted molar refractivity (Wildman–Crippen MR) is 114 cm³/mol. The van der Waals surface area contributed by atoms with E-state index < -0.39 is 11.6 Å². The topological polar surface area (TPSA) is 60.4 Å². The van der Waals surface area contributed by atoms with E-state index in [0.29, 0.717) is 45.8 Å². The lowest BCUT2D eigenvalue weighted by atomic mass is 10.1. The molecule has 1 aromatic rings. The summed E-state index contributed by atoms with van der Waals surface area (Å²) in [6.07, 6.45) is 0.689. The van der Waals surface area contributed by atoms with Gasteiger partial charge >= 0.3 is 0 Å². The summed E-state index contributed by atoms with van der Waals surface area (Å²) in [6, 6.07) is 4.00. The summed E-state index contributed by atoms with van der Waals surface area (Å²) in [5.74, 6) is -0.199. The number of guanidine groups is 1. The molecule has 2 unspecified atom stereocenters. The molecule has 1 N–H and O–H groups in total. The summed E-state index contributed by atoms with van der Waals surface area (Å²) < 4.78 is 33.5. The number of carbonyl (C=O) groups is 1. The molecule has 9 heteroatoms. The van der Waals surface area contributed by atoms with Crippen LogP contribution in [-0.2, 0) is 9.53 Å². The highest BCUT2D eigenvalue weighted by Crippen LogP contribution is 2.43. The summed E-state index contributed by atoms with van der Waals surface area (Å²) in [5, 5.41) is 3.41. The van der Waals surface area contributed by atoms with E-state index in [-0.39, 0.29) is 23.4 Å². The second kappa shape index (κ2) is 9.91. The number of piperazine rings is 1. The highest BCUT2D eigenvalue weighted by Gasteiger charge is 2.43. The molecule has 2 saturated heterocycles. The minimum absolute atomic E-state index is 0.0161. The molecule has 0 bridgehead atoms. The van der Waals surface area contributed by atoms with Crippen LogP contribution in [0.5, 0.6) is 0 Å². The lowest BCUT2D eigenvalue weighted by Crippen LogP contribution is -2.55. The van der Waals surface area contributed by atoms with Crippen molar-refractivity contribution in [3.05, 3.63) is 35.4 Å². The van der Waals surface area contributed by atoms with Crippen LogP contribution in [0.15, 0.2) is 23.2 Å². The third-order valence-electron chi connectivity index (χ3n) is 6.18. The number of aliphatic imine (C=N–C) groups is 1. The van der Waals surface area contributed by atoms with E-state index in [2.05, 4.69) is 20.1 Å². The van der Waals surface area contributed by atoms with Crippen LogP contribution in [0.1, 0.15) is 24.8 Å². The van der Waals surface area contributed by atoms with Crippen LogP contribution in [0, 0.1) is 11.6 Å². The molecule has 31 heavy (non-hydrogen) atoms. The van der Waals surface area contributed by atoms with Crippen LogP contribution in [0.4, 0.5) is 8.78 Å². The Morgan fingerprint density at radius 2 is 1.77 bits per heavy atom. The van der Waals surface area contributed by atoms with Crippen LogP contribution >= 0.6 is 0 Å². The van der Waals surface area contributed by atoms with Gasteiger partial charge in [0.1, 0.15) is 11.6 Å². The number of nitrogens with zero attached hydrogens (tertiary/aromatic N) is 4. The average molecular weight is 436 g/mol. The standard InChI is InChI=1S/C22H31F2N5O2/c1-2-25-22(26-19-14-16(19)21-17(23)4-3-5-18(21)24)29-8-6-27(7-9-29)15-20(30)28-10-12-31-13-11-28/h3-5,16,19H,2,6-15H2,1H3,(H,25,26). The molecule has 170 valence electrons. The molecule has 7 nitrogen and oxygen atoms in total. The number of morpholine rings is 1. The molecule has 3 fully saturated rings. The van der Waals surface area contributed by atoms with Gasteiger partial charge < -0.3 is 19.9 Å². The normalized spacial score (nSPS) is 24.9. The number of halogens is 2. The first-order valence-corrected chi connectivity index (χ1v) is 11.1. The Hall–Kier alpha value is -2.26. The summed E-state index contributed by atoms with van der Waals surface area (Å²) in [4.78, 5) is 23.3. The molecule has 1 amide bonds. The number of carbonyl (C=O) groups excluding carboxylic acids is 1. The van der Waals surface area contributed by atoms with Crippen molar-refractivity contribution < 1.29 is 18.3 Å². The lowest BCUT2D eigenvalue weighted by molar-refractivity contribution is -0.136. The van der Waals surface area contributed by atoms with Crippen LogP contribution in [0.3, 0.4) is 0 Å². The Balaban J connectivity index is 1.28. The number of hydrogen-bond acceptors (Lipinski definition) is 4. The van der Waals surface area contributed by atoms with Crippen LogP contribution in [0.2, 0.25) is 0 Å². The molecule has 2 atom stereocenters. The zero-order chi connectivity index (χ0) is 21.8. The van der Waals surface area contributed by atoms with Gasteiger partial charge in [-0.2, -0.15) is 0 Å². The van der Waals surface area contributed by atoms with Crippen molar-refractivity contribution in [1.29, 1.82) is 0 Å². The summed E-state index contributed by atoms with van der Waals surface area (Å²) >= 11 is 0. The van der Waals surface area contributed by atoms with E-state index in [1.807, 2.05) is 11.8 Å². The Labute approximate surface area is 182 Å². The molecule has 4 rings (SSSR count). The Kier molecular flexibility index (Phi) is 7.02. The van der Waals surface area contributed by atoms with Gasteiger partial charge in [-0.1, -0.05) is 6.07 Å². The molecule has 2 aliphatic heterocycles. The van der Waals surface area contributed by atoms with E-state index in [1.165, 1.54) is 18.2 Å². The van der Waals surface area contributed by atoms with Crippen molar-refractivity contribution in [1.82, 2.24) is 20.0 Å². The van der Waals surface area contributed by atoms with E-state index in [4.69, 9.17) is 4.74 Å². The number of rotatable bonds is 5. The fraction of sp³-hybridized carbons (Fsp3) is 0.636. The van der Waals surface area contributed by atoms with E-state index in [1.54, 1.807) is 0 Å². The SMILES string of the molecule is CCN=C(NC1CC1c1c(F)cccc1F)N1CCN(CC(=O)N2CCOCC2)CC1. The highest BCUT2D eigenvalue weighted by molar-refractivity contribution is 5.81. The molecule has 0 spiro atoms. The van der Waals surface area contributed by atoms with Crippen molar-refractivity contribution in [2.24, 2.45) is 4.99 Å². The van der Waals surface area contributed by atoms with Gasteiger partial charge in [0, 0.05) is 63.3 Å². The van der Waals surface area contributed by atoms with Gasteiger partial charge in [-0.25, -0.2) is 8.78 Å². The maximum Gasteiger partial charge on any atom is 0.236 e. The molecule has 1 aliphatic carbocycles. The Morgan fingerprint density at radius 1 is 1.10 bits per heavy atom. The number of nitrogens with one attached hydrogen (secondary N) is 1. The Bertz CT molecular complexity index is 787. The van der Waals surface area contributed by atoms with Crippen molar-refractivity contribution in [2.45, 2.75) is 25.3 Å². The predicted octanol–water partition coefficient (Wildman–Crippen LogP) is 1.26. The van der Waals surface area contributed by atoms with Crippen molar-refractivity contribution >= 4 is 11.9 Å². The van der Waals surface area contributed by atoms with E-state index >= 15 is 0 Å². The maximum atomic E-state index is 14.1. The third-order valence-corrected chi connectivity index (χ3v) is 6.18. The minimum Gasteiger partial charge on any atom is -0.378 e. The van der Waals surface area contributed by atoms with E-state index in [9.17, 15) is 13.6 Å². The van der Waals surface area contributed by atoms with Gasteiger partial charge in [0.2, 0.25) is 5.91 Å². The van der Waals surface area contributed by atoms with Gasteiger partial charge in [0.25, 0.3) is 0 Å². The fourth-order valence-electron chi connectivity index (χ4n) is 4.31. The molecule has 0 radical (unpaired) electrons. The van der Waals surface area contributed by atoms with Crippen LogP contribution < -0.4 is 5.32 Å². The second-order valence-corrected chi connectivity index (χ2v) is 8.28. The lowest BCUT2D eigenvalue weighted by Gasteiger charge is -2.37. The van der Waals surface area contributed by atoms with Gasteiger partial charge in [0.15, 0.2) is 5.96 Å². The smallest absolute Gasteiger partial charge is 0.236 e. The van der Waals surface area contributed by atoms with Gasteiger partial charge in [-0.05, 0) is 25.5 Å². The van der Waals surface area contributed by atoms with Crippen molar-refractivity contribution in [3.63, 3.8) is 0 Å². The molecule has 2 heterocycles. The monoisotopic (exact) mass is 435 g/mol. The zero-order valence-electron chi connectivity index (χ0n) is 18.0. The summed E-state index contributed by atoms with van der Waals surface area (Å²) in [6.45, 7) is 8.65. The van der Waals surface area contributed by atoms with E-state index in [0.717, 1.165) is 32.1 Å². The fourth-order valence-corrected chi connectivity index (χ4v) is 4.31. The van der Waals surface area contributed by atoms with Gasteiger partial charge in [0.05, 0.1) is 19.8 Å². The quantitative estimate of drug-likeness (QED) is 0.558. The second-order valence-electron chi connectivity index (χ2n) is 8.28.